The first kappa shape index (κ1) is 11.5. The number of rotatable bonds is 4. The molecule has 2 N–H and O–H groups in total. The number of hydrogen-bond donors (Lipinski definition) is 1. The van der Waals surface area contributed by atoms with E-state index in [1.165, 1.54) is 12.0 Å². The lowest BCUT2D eigenvalue weighted by Crippen LogP contribution is -2.18. The molecule has 0 heterocycles. The van der Waals surface area contributed by atoms with Crippen molar-refractivity contribution >= 4 is 21.6 Å². The van der Waals surface area contributed by atoms with Crippen LogP contribution in [0.15, 0.2) is 22.7 Å². The van der Waals surface area contributed by atoms with Crippen LogP contribution in [0, 0.1) is 0 Å². The Balaban J connectivity index is 2.71. The summed E-state index contributed by atoms with van der Waals surface area (Å²) in [6, 6.07) is 6.01. The largest absolute Gasteiger partial charge is 0.398 e. The zero-order chi connectivity index (χ0) is 10.6. The van der Waals surface area contributed by atoms with E-state index in [0.717, 1.165) is 23.2 Å². The first-order valence-electron chi connectivity index (χ1n) is 4.86. The predicted octanol–water partition coefficient (Wildman–Crippen LogP) is 2.87. The zero-order valence-electron chi connectivity index (χ0n) is 8.76. The molecule has 14 heavy (non-hydrogen) atoms. The highest BCUT2D eigenvalue weighted by Crippen LogP contribution is 2.24. The van der Waals surface area contributed by atoms with Gasteiger partial charge in [0.05, 0.1) is 0 Å². The lowest BCUT2D eigenvalue weighted by molar-refractivity contribution is 0.327. The molecule has 0 fully saturated rings. The van der Waals surface area contributed by atoms with Gasteiger partial charge in [-0.05, 0) is 47.6 Å². The molecule has 3 heteroatoms. The average molecular weight is 257 g/mol. The van der Waals surface area contributed by atoms with Crippen LogP contribution in [-0.4, -0.2) is 18.5 Å². The molecule has 0 atom stereocenters. The molecule has 2 nitrogen and oxygen atoms in total. The third kappa shape index (κ3) is 3.00. The van der Waals surface area contributed by atoms with Crippen molar-refractivity contribution in [2.75, 3.05) is 19.3 Å². The molecular weight excluding hydrogens is 240 g/mol. The van der Waals surface area contributed by atoms with E-state index < -0.39 is 0 Å². The summed E-state index contributed by atoms with van der Waals surface area (Å²) >= 11 is 3.51. The maximum atomic E-state index is 5.80. The third-order valence-corrected chi connectivity index (χ3v) is 3.12. The Morgan fingerprint density at radius 1 is 1.43 bits per heavy atom. The van der Waals surface area contributed by atoms with Crippen LogP contribution in [0.2, 0.25) is 0 Å². The van der Waals surface area contributed by atoms with Crippen LogP contribution in [0.25, 0.3) is 0 Å². The Bertz CT molecular complexity index is 299. The summed E-state index contributed by atoms with van der Waals surface area (Å²) in [5.41, 5.74) is 7.87. The molecular formula is C11H17BrN2. The Hall–Kier alpha value is -0.540. The summed E-state index contributed by atoms with van der Waals surface area (Å²) in [7, 11) is 2.12. The second-order valence-corrected chi connectivity index (χ2v) is 4.35. The van der Waals surface area contributed by atoms with Crippen molar-refractivity contribution in [3.05, 3.63) is 28.2 Å². The van der Waals surface area contributed by atoms with Crippen molar-refractivity contribution in [2.24, 2.45) is 0 Å². The summed E-state index contributed by atoms with van der Waals surface area (Å²) < 4.78 is 1.03. The van der Waals surface area contributed by atoms with Crippen molar-refractivity contribution in [3.63, 3.8) is 0 Å². The molecule has 0 aliphatic carbocycles. The summed E-state index contributed by atoms with van der Waals surface area (Å²) in [6.45, 7) is 4.24. The molecule has 78 valence electrons. The van der Waals surface area contributed by atoms with E-state index >= 15 is 0 Å². The molecule has 0 aliphatic heterocycles. The molecule has 0 saturated carbocycles. The van der Waals surface area contributed by atoms with Gasteiger partial charge in [-0.1, -0.05) is 19.1 Å². The van der Waals surface area contributed by atoms with Crippen LogP contribution in [0.3, 0.4) is 0 Å². The minimum absolute atomic E-state index is 0.812. The van der Waals surface area contributed by atoms with Crippen LogP contribution < -0.4 is 5.73 Å². The Labute approximate surface area is 94.2 Å². The summed E-state index contributed by atoms with van der Waals surface area (Å²) in [5, 5.41) is 0. The summed E-state index contributed by atoms with van der Waals surface area (Å²) in [6.07, 6.45) is 1.18. The van der Waals surface area contributed by atoms with Gasteiger partial charge in [-0.25, -0.2) is 0 Å². The maximum absolute atomic E-state index is 5.80. The van der Waals surface area contributed by atoms with Gasteiger partial charge < -0.3 is 10.6 Å². The number of halogens is 1. The minimum Gasteiger partial charge on any atom is -0.398 e. The molecule has 0 aliphatic rings. The number of nitrogens with two attached hydrogens (primary N) is 1. The molecule has 1 aromatic rings. The average Bonchev–Trinajstić information content (AvgIpc) is 2.13. The standard InChI is InChI=1S/C11H17BrN2/c1-3-7-14(2)8-9-5-4-6-10(13)11(9)12/h4-6H,3,7-8,13H2,1-2H3. The van der Waals surface area contributed by atoms with Crippen molar-refractivity contribution in [2.45, 2.75) is 19.9 Å². The maximum Gasteiger partial charge on any atom is 0.0461 e. The van der Waals surface area contributed by atoms with E-state index in [4.69, 9.17) is 5.73 Å². The van der Waals surface area contributed by atoms with E-state index in [2.05, 4.69) is 40.9 Å². The zero-order valence-corrected chi connectivity index (χ0v) is 10.3. The monoisotopic (exact) mass is 256 g/mol. The van der Waals surface area contributed by atoms with Gasteiger partial charge in [0, 0.05) is 16.7 Å². The highest BCUT2D eigenvalue weighted by Gasteiger charge is 2.05. The first-order chi connectivity index (χ1) is 6.65. The minimum atomic E-state index is 0.812. The highest BCUT2D eigenvalue weighted by molar-refractivity contribution is 9.10. The molecule has 0 radical (unpaired) electrons. The number of anilines is 1. The third-order valence-electron chi connectivity index (χ3n) is 2.15. The predicted molar refractivity (Wildman–Crippen MR) is 65.2 cm³/mol. The smallest absolute Gasteiger partial charge is 0.0461 e. The fraction of sp³-hybridized carbons (Fsp3) is 0.455. The van der Waals surface area contributed by atoms with Crippen LogP contribution in [0.5, 0.6) is 0 Å². The van der Waals surface area contributed by atoms with Crippen molar-refractivity contribution in [1.29, 1.82) is 0 Å². The van der Waals surface area contributed by atoms with Crippen molar-refractivity contribution < 1.29 is 0 Å². The molecule has 1 rings (SSSR count). The Morgan fingerprint density at radius 3 is 2.79 bits per heavy atom. The van der Waals surface area contributed by atoms with Gasteiger partial charge in [-0.15, -0.1) is 0 Å². The fourth-order valence-electron chi connectivity index (χ4n) is 1.47. The van der Waals surface area contributed by atoms with Gasteiger partial charge in [0.1, 0.15) is 0 Å². The molecule has 0 spiro atoms. The highest BCUT2D eigenvalue weighted by atomic mass is 79.9. The number of hydrogen-bond acceptors (Lipinski definition) is 2. The summed E-state index contributed by atoms with van der Waals surface area (Å²) in [4.78, 5) is 2.29. The normalized spacial score (nSPS) is 10.9. The lowest BCUT2D eigenvalue weighted by Gasteiger charge is -2.16. The van der Waals surface area contributed by atoms with Gasteiger partial charge in [0.15, 0.2) is 0 Å². The van der Waals surface area contributed by atoms with Crippen LogP contribution in [0.4, 0.5) is 5.69 Å². The number of nitrogens with zero attached hydrogens (tertiary/aromatic N) is 1. The van der Waals surface area contributed by atoms with Gasteiger partial charge in [-0.3, -0.25) is 0 Å². The van der Waals surface area contributed by atoms with Gasteiger partial charge >= 0.3 is 0 Å². The Kier molecular flexibility index (Phi) is 4.42. The van der Waals surface area contributed by atoms with E-state index in [9.17, 15) is 0 Å². The van der Waals surface area contributed by atoms with E-state index in [-0.39, 0.29) is 0 Å². The van der Waals surface area contributed by atoms with Crippen molar-refractivity contribution in [1.82, 2.24) is 4.90 Å². The molecule has 0 bridgehead atoms. The van der Waals surface area contributed by atoms with Crippen LogP contribution in [0.1, 0.15) is 18.9 Å². The molecule has 0 saturated heterocycles. The topological polar surface area (TPSA) is 29.3 Å². The SMILES string of the molecule is CCCN(C)Cc1cccc(N)c1Br. The fourth-order valence-corrected chi connectivity index (χ4v) is 1.86. The molecule has 0 unspecified atom stereocenters. The van der Waals surface area contributed by atoms with Crippen molar-refractivity contribution in [3.8, 4) is 0 Å². The van der Waals surface area contributed by atoms with Gasteiger partial charge in [-0.2, -0.15) is 0 Å². The van der Waals surface area contributed by atoms with E-state index in [1.807, 2.05) is 12.1 Å². The summed E-state index contributed by atoms with van der Waals surface area (Å²) in [5.74, 6) is 0. The van der Waals surface area contributed by atoms with E-state index in [1.54, 1.807) is 0 Å². The lowest BCUT2D eigenvalue weighted by atomic mass is 10.2. The Morgan fingerprint density at radius 2 is 2.14 bits per heavy atom. The molecule has 0 aromatic heterocycles. The second kappa shape index (κ2) is 5.37. The number of benzene rings is 1. The second-order valence-electron chi connectivity index (χ2n) is 3.56. The molecule has 1 aromatic carbocycles. The van der Waals surface area contributed by atoms with Gasteiger partial charge in [0.2, 0.25) is 0 Å². The van der Waals surface area contributed by atoms with Crippen LogP contribution in [-0.2, 0) is 6.54 Å². The molecule has 0 amide bonds. The number of nitrogen functional groups attached to an aromatic ring is 1. The first-order valence-corrected chi connectivity index (χ1v) is 5.66. The van der Waals surface area contributed by atoms with Crippen LogP contribution >= 0.6 is 15.9 Å². The van der Waals surface area contributed by atoms with E-state index in [0.29, 0.717) is 0 Å². The van der Waals surface area contributed by atoms with Gasteiger partial charge in [0.25, 0.3) is 0 Å². The quantitative estimate of drug-likeness (QED) is 0.840.